The lowest BCUT2D eigenvalue weighted by molar-refractivity contribution is 0.193. The second-order valence-electron chi connectivity index (χ2n) is 5.00. The van der Waals surface area contributed by atoms with Crippen molar-refractivity contribution in [2.75, 3.05) is 7.05 Å². The number of rotatable bonds is 3. The van der Waals surface area contributed by atoms with Gasteiger partial charge in [-0.05, 0) is 31.5 Å². The van der Waals surface area contributed by atoms with Gasteiger partial charge in [0.05, 0.1) is 5.02 Å². The summed E-state index contributed by atoms with van der Waals surface area (Å²) in [6.07, 6.45) is 4.97. The first-order valence-corrected chi connectivity index (χ1v) is 7.66. The molecular weight excluding hydrogens is 317 g/mol. The molecule has 0 radical (unpaired) electrons. The van der Waals surface area contributed by atoms with Crippen molar-refractivity contribution in [2.45, 2.75) is 43.1 Å². The van der Waals surface area contributed by atoms with E-state index in [-0.39, 0.29) is 10.8 Å². The molecule has 2 unspecified atom stereocenters. The highest BCUT2D eigenvalue weighted by Crippen LogP contribution is 2.30. The first kappa shape index (κ1) is 14.3. The van der Waals surface area contributed by atoms with E-state index >= 15 is 0 Å². The van der Waals surface area contributed by atoms with Crippen molar-refractivity contribution in [3.8, 4) is 0 Å². The maximum atomic E-state index is 13.4. The van der Waals surface area contributed by atoms with Crippen LogP contribution in [0.1, 0.15) is 31.2 Å². The van der Waals surface area contributed by atoms with E-state index in [9.17, 15) is 4.39 Å². The Bertz CT molecular complexity index is 413. The summed E-state index contributed by atoms with van der Waals surface area (Å²) >= 11 is 9.75. The SMILES string of the molecule is CN(Cc1cccc(F)c1Cl)C1CCCCC1Br. The van der Waals surface area contributed by atoms with E-state index < -0.39 is 0 Å². The first-order valence-electron chi connectivity index (χ1n) is 6.37. The van der Waals surface area contributed by atoms with Gasteiger partial charge in [-0.25, -0.2) is 4.39 Å². The van der Waals surface area contributed by atoms with Crippen LogP contribution < -0.4 is 0 Å². The second kappa shape index (κ2) is 6.36. The molecule has 0 spiro atoms. The second-order valence-corrected chi connectivity index (χ2v) is 6.55. The van der Waals surface area contributed by atoms with E-state index in [4.69, 9.17) is 11.6 Å². The minimum absolute atomic E-state index is 0.256. The molecular formula is C14H18BrClFN. The normalized spacial score (nSPS) is 24.5. The Morgan fingerprint density at radius 1 is 1.39 bits per heavy atom. The van der Waals surface area contributed by atoms with Gasteiger partial charge in [-0.15, -0.1) is 0 Å². The van der Waals surface area contributed by atoms with Gasteiger partial charge in [0.1, 0.15) is 5.82 Å². The maximum absolute atomic E-state index is 13.4. The van der Waals surface area contributed by atoms with Gasteiger partial charge in [-0.3, -0.25) is 4.90 Å². The third kappa shape index (κ3) is 3.25. The molecule has 1 fully saturated rings. The fourth-order valence-electron chi connectivity index (χ4n) is 2.62. The molecule has 0 amide bonds. The lowest BCUT2D eigenvalue weighted by atomic mass is 9.94. The molecule has 1 aromatic rings. The summed E-state index contributed by atoms with van der Waals surface area (Å²) in [5.74, 6) is -0.332. The summed E-state index contributed by atoms with van der Waals surface area (Å²) in [7, 11) is 2.09. The zero-order valence-corrected chi connectivity index (χ0v) is 12.8. The van der Waals surface area contributed by atoms with Gasteiger partial charge in [0.15, 0.2) is 0 Å². The molecule has 0 aliphatic heterocycles. The molecule has 1 aromatic carbocycles. The lowest BCUT2D eigenvalue weighted by Crippen LogP contribution is -2.40. The van der Waals surface area contributed by atoms with Gasteiger partial charge in [0, 0.05) is 17.4 Å². The van der Waals surface area contributed by atoms with Crippen LogP contribution in [0.25, 0.3) is 0 Å². The highest BCUT2D eigenvalue weighted by Gasteiger charge is 2.26. The number of nitrogens with zero attached hydrogens (tertiary/aromatic N) is 1. The average Bonchev–Trinajstić information content (AvgIpc) is 2.35. The van der Waals surface area contributed by atoms with Crippen LogP contribution in [-0.2, 0) is 6.54 Å². The summed E-state index contributed by atoms with van der Waals surface area (Å²) in [5.41, 5.74) is 0.865. The lowest BCUT2D eigenvalue weighted by Gasteiger charge is -2.35. The molecule has 0 N–H and O–H groups in total. The molecule has 0 saturated heterocycles. The standard InChI is InChI=1S/C14H18BrClFN/c1-18(13-8-3-2-6-11(13)15)9-10-5-4-7-12(17)14(10)16/h4-5,7,11,13H,2-3,6,8-9H2,1H3. The number of hydrogen-bond donors (Lipinski definition) is 0. The van der Waals surface area contributed by atoms with E-state index in [1.54, 1.807) is 6.07 Å². The molecule has 1 saturated carbocycles. The van der Waals surface area contributed by atoms with E-state index in [1.807, 2.05) is 6.07 Å². The van der Waals surface area contributed by atoms with Crippen LogP contribution in [0, 0.1) is 5.82 Å². The van der Waals surface area contributed by atoms with Crippen molar-refractivity contribution in [3.63, 3.8) is 0 Å². The maximum Gasteiger partial charge on any atom is 0.142 e. The molecule has 0 aromatic heterocycles. The average molecular weight is 335 g/mol. The molecule has 18 heavy (non-hydrogen) atoms. The number of benzene rings is 1. The van der Waals surface area contributed by atoms with Crippen LogP contribution in [0.2, 0.25) is 5.02 Å². The zero-order chi connectivity index (χ0) is 13.1. The van der Waals surface area contributed by atoms with Crippen LogP contribution in [0.4, 0.5) is 4.39 Å². The summed E-state index contributed by atoms with van der Waals surface area (Å²) in [6, 6.07) is 5.53. The third-order valence-corrected chi connectivity index (χ3v) is 5.16. The van der Waals surface area contributed by atoms with Gasteiger partial charge in [-0.1, -0.05) is 52.5 Å². The van der Waals surface area contributed by atoms with Gasteiger partial charge >= 0.3 is 0 Å². The number of hydrogen-bond acceptors (Lipinski definition) is 1. The van der Waals surface area contributed by atoms with E-state index in [0.29, 0.717) is 17.4 Å². The van der Waals surface area contributed by atoms with Gasteiger partial charge < -0.3 is 0 Å². The Hall–Kier alpha value is -0.120. The first-order chi connectivity index (χ1) is 8.59. The molecule has 2 atom stereocenters. The molecule has 1 nitrogen and oxygen atoms in total. The molecule has 1 aliphatic carbocycles. The van der Waals surface area contributed by atoms with Crippen molar-refractivity contribution < 1.29 is 4.39 Å². The van der Waals surface area contributed by atoms with E-state index in [0.717, 1.165) is 5.56 Å². The van der Waals surface area contributed by atoms with Gasteiger partial charge in [0.2, 0.25) is 0 Å². The van der Waals surface area contributed by atoms with Gasteiger partial charge in [-0.2, -0.15) is 0 Å². The molecule has 4 heteroatoms. The van der Waals surface area contributed by atoms with Crippen molar-refractivity contribution in [1.82, 2.24) is 4.90 Å². The smallest absolute Gasteiger partial charge is 0.142 e. The molecule has 0 heterocycles. The summed E-state index contributed by atoms with van der Waals surface area (Å²) in [6.45, 7) is 0.698. The monoisotopic (exact) mass is 333 g/mol. The van der Waals surface area contributed by atoms with E-state index in [2.05, 4.69) is 27.9 Å². The quantitative estimate of drug-likeness (QED) is 0.729. The predicted molar refractivity (Wildman–Crippen MR) is 77.8 cm³/mol. The summed E-state index contributed by atoms with van der Waals surface area (Å²) in [5, 5.41) is 0.256. The Morgan fingerprint density at radius 2 is 2.11 bits per heavy atom. The largest absolute Gasteiger partial charge is 0.298 e. The Balaban J connectivity index is 2.06. The van der Waals surface area contributed by atoms with Crippen LogP contribution in [0.5, 0.6) is 0 Å². The molecule has 100 valence electrons. The fourth-order valence-corrected chi connectivity index (χ4v) is 3.80. The number of halogens is 3. The van der Waals surface area contributed by atoms with Crippen molar-refractivity contribution in [1.29, 1.82) is 0 Å². The highest BCUT2D eigenvalue weighted by molar-refractivity contribution is 9.09. The van der Waals surface area contributed by atoms with Gasteiger partial charge in [0.25, 0.3) is 0 Å². The Labute approximate surface area is 121 Å². The minimum atomic E-state index is -0.332. The van der Waals surface area contributed by atoms with Crippen LogP contribution in [0.3, 0.4) is 0 Å². The number of alkyl halides is 1. The molecule has 1 aliphatic rings. The molecule has 0 bridgehead atoms. The topological polar surface area (TPSA) is 3.24 Å². The van der Waals surface area contributed by atoms with E-state index in [1.165, 1.54) is 31.7 Å². The summed E-state index contributed by atoms with van der Waals surface area (Å²) < 4.78 is 13.4. The summed E-state index contributed by atoms with van der Waals surface area (Å²) in [4.78, 5) is 2.81. The van der Waals surface area contributed by atoms with Crippen LogP contribution >= 0.6 is 27.5 Å². The van der Waals surface area contributed by atoms with Crippen LogP contribution in [-0.4, -0.2) is 22.8 Å². The molecule has 2 rings (SSSR count). The van der Waals surface area contributed by atoms with Crippen LogP contribution in [0.15, 0.2) is 18.2 Å². The fraction of sp³-hybridized carbons (Fsp3) is 0.571. The Kier molecular flexibility index (Phi) is 5.05. The minimum Gasteiger partial charge on any atom is -0.298 e. The van der Waals surface area contributed by atoms with Crippen molar-refractivity contribution in [3.05, 3.63) is 34.6 Å². The zero-order valence-electron chi connectivity index (χ0n) is 10.5. The third-order valence-electron chi connectivity index (χ3n) is 3.66. The predicted octanol–water partition coefficient (Wildman–Crippen LogP) is 4.62. The highest BCUT2D eigenvalue weighted by atomic mass is 79.9. The Morgan fingerprint density at radius 3 is 2.83 bits per heavy atom. The van der Waals surface area contributed by atoms with Crippen molar-refractivity contribution in [2.24, 2.45) is 0 Å². The van der Waals surface area contributed by atoms with Crippen molar-refractivity contribution >= 4 is 27.5 Å².